The molecular formula is C21H14Cl2F5N7O2. The van der Waals surface area contributed by atoms with Gasteiger partial charge in [0.15, 0.2) is 12.3 Å². The average Bonchev–Trinajstić information content (AvgIpc) is 3.13. The number of anilines is 3. The van der Waals surface area contributed by atoms with Gasteiger partial charge in [0.05, 0.1) is 21.3 Å². The van der Waals surface area contributed by atoms with Gasteiger partial charge in [-0.2, -0.15) is 18.2 Å². The van der Waals surface area contributed by atoms with Gasteiger partial charge in [-0.05, 0) is 18.2 Å². The van der Waals surface area contributed by atoms with Gasteiger partial charge in [0.2, 0.25) is 11.8 Å². The zero-order valence-corrected chi connectivity index (χ0v) is 20.0. The summed E-state index contributed by atoms with van der Waals surface area (Å²) in [7, 11) is 1.54. The van der Waals surface area contributed by atoms with Crippen molar-refractivity contribution >= 4 is 57.7 Å². The summed E-state index contributed by atoms with van der Waals surface area (Å²) >= 11 is 12.3. The van der Waals surface area contributed by atoms with Crippen molar-refractivity contribution in [3.05, 3.63) is 58.0 Å². The van der Waals surface area contributed by atoms with Gasteiger partial charge in [-0.25, -0.2) is 18.7 Å². The largest absolute Gasteiger partial charge is 0.471 e. The fourth-order valence-electron chi connectivity index (χ4n) is 3.12. The van der Waals surface area contributed by atoms with E-state index in [1.54, 1.807) is 0 Å². The van der Waals surface area contributed by atoms with Crippen LogP contribution >= 0.6 is 23.2 Å². The van der Waals surface area contributed by atoms with Crippen molar-refractivity contribution in [2.45, 2.75) is 12.6 Å². The molecule has 4 rings (SSSR count). The van der Waals surface area contributed by atoms with Crippen LogP contribution in [0.5, 0.6) is 5.88 Å². The highest BCUT2D eigenvalue weighted by Crippen LogP contribution is 2.33. The van der Waals surface area contributed by atoms with Gasteiger partial charge < -0.3 is 15.4 Å². The number of fused-ring (bicyclic) bond motifs is 1. The molecule has 4 heterocycles. The Morgan fingerprint density at radius 1 is 1.16 bits per heavy atom. The van der Waals surface area contributed by atoms with Gasteiger partial charge in [0.25, 0.3) is 12.3 Å². The predicted octanol–water partition coefficient (Wildman–Crippen LogP) is 5.72. The Morgan fingerprint density at radius 2 is 1.86 bits per heavy atom. The molecule has 0 aliphatic heterocycles. The number of rotatable bonds is 7. The van der Waals surface area contributed by atoms with E-state index >= 15 is 0 Å². The smallest absolute Gasteiger partial charge is 0.416 e. The first kappa shape index (κ1) is 26.3. The van der Waals surface area contributed by atoms with Crippen molar-refractivity contribution in [3.8, 4) is 5.88 Å². The number of aromatic nitrogens is 5. The molecular weight excluding hydrogens is 548 g/mol. The molecule has 0 saturated heterocycles. The second kappa shape index (κ2) is 10.3. The van der Waals surface area contributed by atoms with E-state index in [0.29, 0.717) is 6.07 Å². The summed E-state index contributed by atoms with van der Waals surface area (Å²) < 4.78 is 71.2. The first-order valence-corrected chi connectivity index (χ1v) is 10.9. The van der Waals surface area contributed by atoms with E-state index in [1.165, 1.54) is 30.1 Å². The lowest BCUT2D eigenvalue weighted by Crippen LogP contribution is -2.18. The lowest BCUT2D eigenvalue weighted by molar-refractivity contribution is -0.137. The number of hydrogen-bond donors (Lipinski definition) is 2. The Bertz CT molecular complexity index is 1460. The van der Waals surface area contributed by atoms with Crippen molar-refractivity contribution in [1.82, 2.24) is 24.5 Å². The number of ether oxygens (including phenoxy) is 1. The van der Waals surface area contributed by atoms with Crippen LogP contribution < -0.4 is 15.4 Å². The molecule has 0 saturated carbocycles. The predicted molar refractivity (Wildman–Crippen MR) is 125 cm³/mol. The molecule has 2 N–H and O–H groups in total. The molecule has 0 aliphatic rings. The summed E-state index contributed by atoms with van der Waals surface area (Å²) in [5.74, 6) is -1.77. The van der Waals surface area contributed by atoms with Crippen LogP contribution in [0.2, 0.25) is 10.0 Å². The minimum atomic E-state index is -4.67. The number of imidazole rings is 1. The van der Waals surface area contributed by atoms with Gasteiger partial charge in [0.1, 0.15) is 16.9 Å². The lowest BCUT2D eigenvalue weighted by atomic mass is 10.2. The number of pyridine rings is 3. The Kier molecular flexibility index (Phi) is 7.32. The highest BCUT2D eigenvalue weighted by molar-refractivity contribution is 6.39. The third-order valence-electron chi connectivity index (χ3n) is 4.82. The van der Waals surface area contributed by atoms with E-state index in [-0.39, 0.29) is 38.4 Å². The van der Waals surface area contributed by atoms with E-state index in [2.05, 4.69) is 30.6 Å². The van der Waals surface area contributed by atoms with E-state index in [0.717, 1.165) is 12.3 Å². The fraction of sp³-hybridized carbons (Fsp3) is 0.190. The van der Waals surface area contributed by atoms with Gasteiger partial charge in [-0.3, -0.25) is 14.3 Å². The third kappa shape index (κ3) is 5.80. The molecule has 194 valence electrons. The highest BCUT2D eigenvalue weighted by atomic mass is 35.5. The van der Waals surface area contributed by atoms with Crippen LogP contribution in [0.1, 0.15) is 15.9 Å². The van der Waals surface area contributed by atoms with E-state index in [4.69, 9.17) is 27.9 Å². The molecule has 0 atom stereocenters. The summed E-state index contributed by atoms with van der Waals surface area (Å²) in [6.45, 7) is -1.09. The number of carbonyl (C=O) groups excluding carboxylic acids is 1. The summed E-state index contributed by atoms with van der Waals surface area (Å²) in [4.78, 5) is 28.9. The van der Waals surface area contributed by atoms with E-state index < -0.39 is 42.4 Å². The van der Waals surface area contributed by atoms with Crippen molar-refractivity contribution < 1.29 is 31.5 Å². The summed E-state index contributed by atoms with van der Waals surface area (Å²) in [5.41, 5.74) is -0.884. The monoisotopic (exact) mass is 561 g/mol. The molecule has 0 aromatic carbocycles. The Hall–Kier alpha value is -3.78. The minimum Gasteiger partial charge on any atom is -0.471 e. The first-order chi connectivity index (χ1) is 17.4. The number of nitrogens with one attached hydrogen (secondary N) is 2. The van der Waals surface area contributed by atoms with Crippen LogP contribution in [0, 0.1) is 0 Å². The van der Waals surface area contributed by atoms with Crippen LogP contribution in [0.25, 0.3) is 11.2 Å². The van der Waals surface area contributed by atoms with Crippen molar-refractivity contribution in [3.63, 3.8) is 0 Å². The van der Waals surface area contributed by atoms with Gasteiger partial charge in [-0.15, -0.1) is 0 Å². The van der Waals surface area contributed by atoms with Crippen molar-refractivity contribution in [2.75, 3.05) is 17.2 Å². The molecule has 0 spiro atoms. The number of hydrogen-bond acceptors (Lipinski definition) is 7. The van der Waals surface area contributed by atoms with Gasteiger partial charge in [-0.1, -0.05) is 23.2 Å². The molecule has 0 fully saturated rings. The molecule has 4 aromatic heterocycles. The summed E-state index contributed by atoms with van der Waals surface area (Å²) in [5, 5.41) is 5.46. The molecule has 37 heavy (non-hydrogen) atoms. The van der Waals surface area contributed by atoms with E-state index in [9.17, 15) is 26.7 Å². The number of carbonyl (C=O) groups is 1. The maximum absolute atomic E-state index is 13.0. The Balaban J connectivity index is 1.73. The van der Waals surface area contributed by atoms with Gasteiger partial charge >= 0.3 is 6.18 Å². The normalized spacial score (nSPS) is 11.7. The molecule has 0 unspecified atom stereocenters. The molecule has 16 heteroatoms. The van der Waals surface area contributed by atoms with Crippen LogP contribution in [0.15, 0.2) is 36.8 Å². The highest BCUT2D eigenvalue weighted by Gasteiger charge is 2.31. The topological polar surface area (TPSA) is 107 Å². The van der Waals surface area contributed by atoms with E-state index in [1.807, 2.05) is 0 Å². The SMILES string of the molecule is Cn1c(Nc2c(Cl)cncc2Cl)nc2cc(C(=O)Nc3cc(C(F)(F)F)ccn3)c(OCC(F)F)nc21. The summed E-state index contributed by atoms with van der Waals surface area (Å²) in [6, 6.07) is 2.53. The van der Waals surface area contributed by atoms with Crippen molar-refractivity contribution in [1.29, 1.82) is 0 Å². The Morgan fingerprint density at radius 3 is 2.51 bits per heavy atom. The molecule has 0 bridgehead atoms. The molecule has 0 aliphatic carbocycles. The quantitative estimate of drug-likeness (QED) is 0.278. The molecule has 1 amide bonds. The van der Waals surface area contributed by atoms with Crippen LogP contribution in [-0.2, 0) is 13.2 Å². The second-order valence-electron chi connectivity index (χ2n) is 7.37. The second-order valence-corrected chi connectivity index (χ2v) is 8.18. The first-order valence-electron chi connectivity index (χ1n) is 10.1. The lowest BCUT2D eigenvalue weighted by Gasteiger charge is -2.12. The molecule has 4 aromatic rings. The standard InChI is InChI=1S/C21H14Cl2F5N7O2/c1-35-17-13(31-20(35)33-16-11(22)6-29-7-12(16)23)5-10(19(34-17)37-8-14(24)25)18(36)32-15-4-9(2-3-30-15)21(26,27)28/h2-7,14H,8H2,1H3,(H,29,31,33)(H,30,32,36). The van der Waals surface area contributed by atoms with Crippen LogP contribution in [0.3, 0.4) is 0 Å². The third-order valence-corrected chi connectivity index (χ3v) is 5.39. The maximum Gasteiger partial charge on any atom is 0.416 e. The number of nitrogens with zero attached hydrogens (tertiary/aromatic N) is 5. The maximum atomic E-state index is 13.0. The van der Waals surface area contributed by atoms with Crippen molar-refractivity contribution in [2.24, 2.45) is 7.05 Å². The number of halogens is 7. The Labute approximate surface area is 214 Å². The number of aryl methyl sites for hydroxylation is 1. The number of alkyl halides is 5. The van der Waals surface area contributed by atoms with Crippen LogP contribution in [0.4, 0.5) is 39.4 Å². The molecule has 9 nitrogen and oxygen atoms in total. The number of amides is 1. The zero-order chi connectivity index (χ0) is 26.9. The average molecular weight is 562 g/mol. The summed E-state index contributed by atoms with van der Waals surface area (Å²) in [6.07, 6.45) is -4.01. The fourth-order valence-corrected chi connectivity index (χ4v) is 3.58. The zero-order valence-electron chi connectivity index (χ0n) is 18.4. The molecule has 0 radical (unpaired) electrons. The van der Waals surface area contributed by atoms with Crippen LogP contribution in [-0.4, -0.2) is 43.4 Å². The van der Waals surface area contributed by atoms with Gasteiger partial charge in [0, 0.05) is 25.6 Å². The minimum absolute atomic E-state index is 0.123.